The highest BCUT2D eigenvalue weighted by atomic mass is 16.5. The van der Waals surface area contributed by atoms with Gasteiger partial charge in [-0.3, -0.25) is 4.79 Å². The van der Waals surface area contributed by atoms with E-state index in [1.807, 2.05) is 43.4 Å². The van der Waals surface area contributed by atoms with Crippen molar-refractivity contribution in [2.45, 2.75) is 18.8 Å². The van der Waals surface area contributed by atoms with Crippen LogP contribution in [0.1, 0.15) is 23.5 Å². The van der Waals surface area contributed by atoms with Crippen LogP contribution in [0.25, 0.3) is 0 Å². The molecule has 1 amide bonds. The fourth-order valence-electron chi connectivity index (χ4n) is 3.00. The van der Waals surface area contributed by atoms with Crippen LogP contribution < -0.4 is 9.64 Å². The first-order valence-electron chi connectivity index (χ1n) is 7.17. The molecule has 0 saturated carbocycles. The van der Waals surface area contributed by atoms with Crippen LogP contribution in [0.3, 0.4) is 0 Å². The number of benzene rings is 2. The molecule has 1 aliphatic rings. The summed E-state index contributed by atoms with van der Waals surface area (Å²) < 4.78 is 5.28. The Balaban J connectivity index is 1.92. The number of para-hydroxylation sites is 1. The van der Waals surface area contributed by atoms with Crippen LogP contribution >= 0.6 is 0 Å². The first-order valence-corrected chi connectivity index (χ1v) is 7.17. The van der Waals surface area contributed by atoms with Gasteiger partial charge in [0, 0.05) is 19.2 Å². The van der Waals surface area contributed by atoms with Crippen LogP contribution in [0.15, 0.2) is 48.5 Å². The van der Waals surface area contributed by atoms with Crippen molar-refractivity contribution >= 4 is 11.6 Å². The zero-order chi connectivity index (χ0) is 14.8. The van der Waals surface area contributed by atoms with Gasteiger partial charge < -0.3 is 9.64 Å². The number of nitrogens with zero attached hydrogens (tertiary/aromatic N) is 1. The van der Waals surface area contributed by atoms with Gasteiger partial charge >= 0.3 is 0 Å². The van der Waals surface area contributed by atoms with Crippen molar-refractivity contribution < 1.29 is 9.53 Å². The van der Waals surface area contributed by atoms with E-state index in [0.29, 0.717) is 6.42 Å². The van der Waals surface area contributed by atoms with Gasteiger partial charge in [-0.15, -0.1) is 0 Å². The topological polar surface area (TPSA) is 29.5 Å². The van der Waals surface area contributed by atoms with E-state index in [1.54, 1.807) is 12.0 Å². The average Bonchev–Trinajstić information content (AvgIpc) is 2.52. The Morgan fingerprint density at radius 3 is 2.81 bits per heavy atom. The number of rotatable bonds is 3. The SMILES string of the molecule is COc1cccc(CC2CC(=O)N(C)c3ccccc32)c1. The molecule has 1 heterocycles. The highest BCUT2D eigenvalue weighted by Crippen LogP contribution is 2.37. The van der Waals surface area contributed by atoms with E-state index in [-0.39, 0.29) is 11.8 Å². The molecule has 2 aromatic rings. The average molecular weight is 281 g/mol. The summed E-state index contributed by atoms with van der Waals surface area (Å²) in [5.74, 6) is 1.28. The number of anilines is 1. The largest absolute Gasteiger partial charge is 0.497 e. The third-order valence-electron chi connectivity index (χ3n) is 4.15. The standard InChI is InChI=1S/C18H19NO2/c1-19-17-9-4-3-8-16(17)14(12-18(19)20)10-13-6-5-7-15(11-13)21-2/h3-9,11,14H,10,12H2,1-2H3. The number of hydrogen-bond acceptors (Lipinski definition) is 2. The molecule has 0 aromatic heterocycles. The molecule has 3 rings (SSSR count). The molecule has 108 valence electrons. The molecule has 1 unspecified atom stereocenters. The maximum atomic E-state index is 12.2. The lowest BCUT2D eigenvalue weighted by molar-refractivity contribution is -0.119. The number of ether oxygens (including phenoxy) is 1. The second-order valence-electron chi connectivity index (χ2n) is 5.47. The third kappa shape index (κ3) is 2.64. The molecule has 0 radical (unpaired) electrons. The summed E-state index contributed by atoms with van der Waals surface area (Å²) >= 11 is 0. The van der Waals surface area contributed by atoms with Crippen LogP contribution in [0.2, 0.25) is 0 Å². The van der Waals surface area contributed by atoms with E-state index in [4.69, 9.17) is 4.74 Å². The molecule has 21 heavy (non-hydrogen) atoms. The molecular weight excluding hydrogens is 262 g/mol. The Morgan fingerprint density at radius 2 is 2.00 bits per heavy atom. The minimum absolute atomic E-state index is 0.182. The van der Waals surface area contributed by atoms with Crippen molar-refractivity contribution in [1.82, 2.24) is 0 Å². The lowest BCUT2D eigenvalue weighted by Gasteiger charge is -2.31. The Labute approximate surface area is 125 Å². The van der Waals surface area contributed by atoms with E-state index in [0.717, 1.165) is 17.9 Å². The Hall–Kier alpha value is -2.29. The number of carbonyl (C=O) groups is 1. The van der Waals surface area contributed by atoms with Crippen molar-refractivity contribution in [3.63, 3.8) is 0 Å². The normalized spacial score (nSPS) is 17.5. The van der Waals surface area contributed by atoms with Crippen LogP contribution in [0.4, 0.5) is 5.69 Å². The predicted octanol–water partition coefficient (Wildman–Crippen LogP) is 3.39. The van der Waals surface area contributed by atoms with E-state index >= 15 is 0 Å². The molecule has 0 fully saturated rings. The summed E-state index contributed by atoms with van der Waals surface area (Å²) in [6, 6.07) is 16.2. The number of fused-ring (bicyclic) bond motifs is 1. The molecule has 0 spiro atoms. The van der Waals surface area contributed by atoms with Gasteiger partial charge in [0.25, 0.3) is 0 Å². The first-order chi connectivity index (χ1) is 10.2. The van der Waals surface area contributed by atoms with Gasteiger partial charge in [-0.2, -0.15) is 0 Å². The van der Waals surface area contributed by atoms with E-state index in [2.05, 4.69) is 12.1 Å². The van der Waals surface area contributed by atoms with Crippen molar-refractivity contribution in [3.8, 4) is 5.75 Å². The molecule has 1 atom stereocenters. The second kappa shape index (κ2) is 5.60. The molecule has 1 aliphatic heterocycles. The van der Waals surface area contributed by atoms with Gasteiger partial charge in [0.1, 0.15) is 5.75 Å². The molecule has 0 saturated heterocycles. The zero-order valence-corrected chi connectivity index (χ0v) is 12.4. The monoisotopic (exact) mass is 281 g/mol. The van der Waals surface area contributed by atoms with Crippen LogP contribution in [0, 0.1) is 0 Å². The number of hydrogen-bond donors (Lipinski definition) is 0. The van der Waals surface area contributed by atoms with E-state index in [9.17, 15) is 4.79 Å². The summed E-state index contributed by atoms with van der Waals surface area (Å²) in [6.45, 7) is 0. The third-order valence-corrected chi connectivity index (χ3v) is 4.15. The molecular formula is C18H19NO2. The predicted molar refractivity (Wildman–Crippen MR) is 83.9 cm³/mol. The summed E-state index contributed by atoms with van der Waals surface area (Å²) in [4.78, 5) is 13.9. The van der Waals surface area contributed by atoms with Crippen LogP contribution in [-0.4, -0.2) is 20.1 Å². The Morgan fingerprint density at radius 1 is 1.19 bits per heavy atom. The Kier molecular flexibility index (Phi) is 3.65. The first kappa shape index (κ1) is 13.7. The number of amides is 1. The van der Waals surface area contributed by atoms with Gasteiger partial charge in [-0.05, 0) is 41.7 Å². The molecule has 0 aliphatic carbocycles. The molecule has 3 heteroatoms. The number of carbonyl (C=O) groups excluding carboxylic acids is 1. The maximum absolute atomic E-state index is 12.2. The highest BCUT2D eigenvalue weighted by Gasteiger charge is 2.28. The highest BCUT2D eigenvalue weighted by molar-refractivity contribution is 5.96. The molecule has 2 aromatic carbocycles. The minimum Gasteiger partial charge on any atom is -0.497 e. The Bertz CT molecular complexity index is 666. The van der Waals surface area contributed by atoms with Gasteiger partial charge in [0.15, 0.2) is 0 Å². The fraction of sp³-hybridized carbons (Fsp3) is 0.278. The van der Waals surface area contributed by atoms with Gasteiger partial charge in [-0.25, -0.2) is 0 Å². The molecule has 0 N–H and O–H groups in total. The molecule has 3 nitrogen and oxygen atoms in total. The summed E-state index contributed by atoms with van der Waals surface area (Å²) in [5, 5.41) is 0. The fourth-order valence-corrected chi connectivity index (χ4v) is 3.00. The van der Waals surface area contributed by atoms with E-state index in [1.165, 1.54) is 11.1 Å². The van der Waals surface area contributed by atoms with Crippen molar-refractivity contribution in [2.24, 2.45) is 0 Å². The lowest BCUT2D eigenvalue weighted by atomic mass is 9.85. The summed E-state index contributed by atoms with van der Waals surface area (Å²) in [6.07, 6.45) is 1.42. The van der Waals surface area contributed by atoms with Crippen LogP contribution in [0.5, 0.6) is 5.75 Å². The van der Waals surface area contributed by atoms with Crippen molar-refractivity contribution in [1.29, 1.82) is 0 Å². The quantitative estimate of drug-likeness (QED) is 0.863. The maximum Gasteiger partial charge on any atom is 0.227 e. The van der Waals surface area contributed by atoms with Gasteiger partial charge in [0.2, 0.25) is 5.91 Å². The molecule has 0 bridgehead atoms. The van der Waals surface area contributed by atoms with Crippen LogP contribution in [-0.2, 0) is 11.2 Å². The second-order valence-corrected chi connectivity index (χ2v) is 5.47. The minimum atomic E-state index is 0.182. The zero-order valence-electron chi connectivity index (χ0n) is 12.4. The number of methoxy groups -OCH3 is 1. The van der Waals surface area contributed by atoms with E-state index < -0.39 is 0 Å². The summed E-state index contributed by atoms with van der Waals surface area (Å²) in [5.41, 5.74) is 3.48. The van der Waals surface area contributed by atoms with Crippen molar-refractivity contribution in [2.75, 3.05) is 19.1 Å². The lowest BCUT2D eigenvalue weighted by Crippen LogP contribution is -2.33. The van der Waals surface area contributed by atoms with Gasteiger partial charge in [-0.1, -0.05) is 30.3 Å². The van der Waals surface area contributed by atoms with Gasteiger partial charge in [0.05, 0.1) is 7.11 Å². The van der Waals surface area contributed by atoms with Crippen molar-refractivity contribution in [3.05, 3.63) is 59.7 Å². The summed E-state index contributed by atoms with van der Waals surface area (Å²) in [7, 11) is 3.52. The smallest absolute Gasteiger partial charge is 0.227 e.